The van der Waals surface area contributed by atoms with Gasteiger partial charge in [-0.1, -0.05) is 13.0 Å². The summed E-state index contributed by atoms with van der Waals surface area (Å²) < 4.78 is 18.7. The van der Waals surface area contributed by atoms with Gasteiger partial charge in [-0.15, -0.1) is 0 Å². The zero-order chi connectivity index (χ0) is 13.8. The molecule has 1 heterocycles. The zero-order valence-electron chi connectivity index (χ0n) is 11.2. The van der Waals surface area contributed by atoms with Crippen molar-refractivity contribution in [3.63, 3.8) is 0 Å². The molecule has 0 amide bonds. The van der Waals surface area contributed by atoms with Crippen LogP contribution in [0.3, 0.4) is 0 Å². The van der Waals surface area contributed by atoms with E-state index < -0.39 is 0 Å². The molecule has 2 rings (SSSR count). The molecule has 1 fully saturated rings. The highest BCUT2D eigenvalue weighted by atomic mass is 19.1. The van der Waals surface area contributed by atoms with Crippen LogP contribution in [0.15, 0.2) is 18.2 Å². The largest absolute Gasteiger partial charge is 0.384 e. The minimum atomic E-state index is -0.358. The van der Waals surface area contributed by atoms with Gasteiger partial charge in [0.25, 0.3) is 0 Å². The van der Waals surface area contributed by atoms with E-state index in [1.165, 1.54) is 12.1 Å². The number of nitrogens with one attached hydrogen (secondary N) is 1. The second-order valence-corrected chi connectivity index (χ2v) is 4.82. The van der Waals surface area contributed by atoms with Crippen LogP contribution in [0, 0.1) is 11.2 Å². The van der Waals surface area contributed by atoms with Crippen molar-refractivity contribution in [2.75, 3.05) is 19.8 Å². The number of nitrogens with two attached hydrogens (primary N) is 1. The van der Waals surface area contributed by atoms with Crippen LogP contribution in [0.5, 0.6) is 0 Å². The Kier molecular flexibility index (Phi) is 4.50. The molecule has 104 valence electrons. The summed E-state index contributed by atoms with van der Waals surface area (Å²) in [5.74, 6) is -0.446. The van der Waals surface area contributed by atoms with E-state index in [0.717, 1.165) is 25.1 Å². The molecule has 0 saturated carbocycles. The molecule has 1 unspecified atom stereocenters. The summed E-state index contributed by atoms with van der Waals surface area (Å²) in [5, 5.41) is 7.55. The van der Waals surface area contributed by atoms with Crippen LogP contribution in [0.1, 0.15) is 24.5 Å². The molecular weight excluding hydrogens is 245 g/mol. The predicted molar refractivity (Wildman–Crippen MR) is 72.7 cm³/mol. The van der Waals surface area contributed by atoms with Crippen LogP contribution in [0.2, 0.25) is 0 Å². The quantitative estimate of drug-likeness (QED) is 0.643. The first kappa shape index (κ1) is 14.0. The number of rotatable bonds is 4. The average Bonchev–Trinajstić information content (AvgIpc) is 2.41. The van der Waals surface area contributed by atoms with Crippen LogP contribution in [0.4, 0.5) is 4.39 Å². The van der Waals surface area contributed by atoms with E-state index in [9.17, 15) is 4.39 Å². The average molecular weight is 265 g/mol. The van der Waals surface area contributed by atoms with Gasteiger partial charge in [0.15, 0.2) is 0 Å². The van der Waals surface area contributed by atoms with E-state index in [4.69, 9.17) is 15.9 Å². The van der Waals surface area contributed by atoms with Crippen LogP contribution in [-0.4, -0.2) is 36.5 Å². The molecule has 1 aliphatic heterocycles. The summed E-state index contributed by atoms with van der Waals surface area (Å²) in [7, 11) is 0. The number of nitrogen functional groups attached to an aromatic ring is 1. The predicted octanol–water partition coefficient (Wildman–Crippen LogP) is 1.72. The highest BCUT2D eigenvalue weighted by Crippen LogP contribution is 2.18. The molecule has 5 heteroatoms. The maximum Gasteiger partial charge on any atom is 0.123 e. The molecule has 0 spiro atoms. The minimum absolute atomic E-state index is 0.0872. The molecule has 4 nitrogen and oxygen atoms in total. The lowest BCUT2D eigenvalue weighted by Gasteiger charge is -2.35. The third-order valence-corrected chi connectivity index (χ3v) is 3.56. The Morgan fingerprint density at radius 3 is 3.05 bits per heavy atom. The summed E-state index contributed by atoms with van der Waals surface area (Å²) in [4.78, 5) is 2.31. The lowest BCUT2D eigenvalue weighted by atomic mass is 10.0. The lowest BCUT2D eigenvalue weighted by molar-refractivity contribution is -0.0127. The lowest BCUT2D eigenvalue weighted by Crippen LogP contribution is -2.44. The molecule has 1 aromatic carbocycles. The fourth-order valence-electron chi connectivity index (χ4n) is 2.43. The first-order valence-electron chi connectivity index (χ1n) is 6.56. The summed E-state index contributed by atoms with van der Waals surface area (Å²) in [6.07, 6.45) is 1.01. The van der Waals surface area contributed by atoms with E-state index >= 15 is 0 Å². The van der Waals surface area contributed by atoms with Crippen molar-refractivity contribution in [1.29, 1.82) is 5.41 Å². The summed E-state index contributed by atoms with van der Waals surface area (Å²) in [6.45, 7) is 5.10. The second-order valence-electron chi connectivity index (χ2n) is 4.82. The van der Waals surface area contributed by atoms with Gasteiger partial charge in [0, 0.05) is 24.7 Å². The van der Waals surface area contributed by atoms with Gasteiger partial charge in [-0.2, -0.15) is 0 Å². The molecular formula is C14H20FN3O. The Morgan fingerprint density at radius 1 is 1.58 bits per heavy atom. The molecule has 1 aromatic rings. The van der Waals surface area contributed by atoms with Crippen molar-refractivity contribution in [3.8, 4) is 0 Å². The first-order valence-corrected chi connectivity index (χ1v) is 6.56. The van der Waals surface area contributed by atoms with Gasteiger partial charge in [-0.25, -0.2) is 4.39 Å². The normalized spacial score (nSPS) is 20.4. The molecule has 0 aliphatic carbocycles. The number of halogens is 1. The van der Waals surface area contributed by atoms with Crippen molar-refractivity contribution >= 4 is 5.84 Å². The molecule has 1 saturated heterocycles. The Morgan fingerprint density at radius 2 is 2.37 bits per heavy atom. The zero-order valence-corrected chi connectivity index (χ0v) is 11.2. The van der Waals surface area contributed by atoms with Crippen LogP contribution >= 0.6 is 0 Å². The maximum atomic E-state index is 13.2. The van der Waals surface area contributed by atoms with Crippen molar-refractivity contribution < 1.29 is 9.13 Å². The van der Waals surface area contributed by atoms with E-state index in [1.807, 2.05) is 0 Å². The van der Waals surface area contributed by atoms with Gasteiger partial charge in [0.05, 0.1) is 13.2 Å². The number of nitrogens with zero attached hydrogens (tertiary/aromatic N) is 1. The van der Waals surface area contributed by atoms with Crippen LogP contribution in [0.25, 0.3) is 0 Å². The SMILES string of the molecule is CCC1COCCN1Cc1ccc(F)cc1C(=N)N. The highest BCUT2D eigenvalue weighted by Gasteiger charge is 2.22. The number of amidine groups is 1. The van der Waals surface area contributed by atoms with Crippen molar-refractivity contribution in [1.82, 2.24) is 4.90 Å². The Hall–Kier alpha value is -1.46. The number of hydrogen-bond donors (Lipinski definition) is 2. The van der Waals surface area contributed by atoms with Crippen molar-refractivity contribution in [2.24, 2.45) is 5.73 Å². The third-order valence-electron chi connectivity index (χ3n) is 3.56. The van der Waals surface area contributed by atoms with Gasteiger partial charge < -0.3 is 10.5 Å². The highest BCUT2D eigenvalue weighted by molar-refractivity contribution is 5.96. The Balaban J connectivity index is 2.20. The number of benzene rings is 1. The van der Waals surface area contributed by atoms with Gasteiger partial charge >= 0.3 is 0 Å². The van der Waals surface area contributed by atoms with Gasteiger partial charge in [-0.3, -0.25) is 10.3 Å². The van der Waals surface area contributed by atoms with Gasteiger partial charge in [-0.05, 0) is 24.1 Å². The number of morpholine rings is 1. The molecule has 3 N–H and O–H groups in total. The summed E-state index contributed by atoms with van der Waals surface area (Å²) >= 11 is 0. The second kappa shape index (κ2) is 6.12. The third kappa shape index (κ3) is 3.30. The minimum Gasteiger partial charge on any atom is -0.384 e. The van der Waals surface area contributed by atoms with E-state index in [1.54, 1.807) is 6.07 Å². The smallest absolute Gasteiger partial charge is 0.123 e. The van der Waals surface area contributed by atoms with Crippen molar-refractivity contribution in [2.45, 2.75) is 25.9 Å². The van der Waals surface area contributed by atoms with E-state index in [0.29, 0.717) is 24.8 Å². The molecule has 0 aromatic heterocycles. The molecule has 1 atom stereocenters. The molecule has 19 heavy (non-hydrogen) atoms. The Labute approximate surface area is 112 Å². The van der Waals surface area contributed by atoms with E-state index in [2.05, 4.69) is 11.8 Å². The number of hydrogen-bond acceptors (Lipinski definition) is 3. The van der Waals surface area contributed by atoms with Crippen molar-refractivity contribution in [3.05, 3.63) is 35.1 Å². The monoisotopic (exact) mass is 265 g/mol. The van der Waals surface area contributed by atoms with Crippen LogP contribution < -0.4 is 5.73 Å². The molecule has 0 bridgehead atoms. The van der Waals surface area contributed by atoms with Gasteiger partial charge in [0.1, 0.15) is 11.7 Å². The standard InChI is InChI=1S/C14H20FN3O/c1-2-12-9-19-6-5-18(12)8-10-3-4-11(15)7-13(10)14(16)17/h3-4,7,12H,2,5-6,8-9H2,1H3,(H3,16,17). The summed E-state index contributed by atoms with van der Waals surface area (Å²) in [6, 6.07) is 4.84. The Bertz CT molecular complexity index is 464. The molecule has 0 radical (unpaired) electrons. The fourth-order valence-corrected chi connectivity index (χ4v) is 2.43. The number of ether oxygens (including phenoxy) is 1. The first-order chi connectivity index (χ1) is 9.11. The molecule has 1 aliphatic rings. The fraction of sp³-hybridized carbons (Fsp3) is 0.500. The van der Waals surface area contributed by atoms with Crippen LogP contribution in [-0.2, 0) is 11.3 Å². The van der Waals surface area contributed by atoms with E-state index in [-0.39, 0.29) is 11.7 Å². The topological polar surface area (TPSA) is 62.3 Å². The van der Waals surface area contributed by atoms with Gasteiger partial charge in [0.2, 0.25) is 0 Å². The maximum absolute atomic E-state index is 13.2. The summed E-state index contributed by atoms with van der Waals surface area (Å²) in [5.41, 5.74) is 6.91.